The molecule has 4 nitrogen and oxygen atoms in total. The van der Waals surface area contributed by atoms with E-state index in [0.29, 0.717) is 10.8 Å². The fourth-order valence-corrected chi connectivity index (χ4v) is 5.43. The smallest absolute Gasteiger partial charge is 0.250 e. The van der Waals surface area contributed by atoms with Gasteiger partial charge < -0.3 is 0 Å². The molecule has 0 bridgehead atoms. The zero-order valence-electron chi connectivity index (χ0n) is 11.6. The molecule has 0 aliphatic carbocycles. The molecule has 0 saturated carbocycles. The van der Waals surface area contributed by atoms with Gasteiger partial charge >= 0.3 is 0 Å². The van der Waals surface area contributed by atoms with Gasteiger partial charge in [0.15, 0.2) is 0 Å². The van der Waals surface area contributed by atoms with Crippen LogP contribution >= 0.6 is 22.7 Å². The second-order valence-corrected chi connectivity index (χ2v) is 8.82. The van der Waals surface area contributed by atoms with Gasteiger partial charge in [0.25, 0.3) is 0 Å². The molecule has 3 rings (SSSR count). The van der Waals surface area contributed by atoms with E-state index in [2.05, 4.69) is 21.1 Å². The Morgan fingerprint density at radius 1 is 1.24 bits per heavy atom. The van der Waals surface area contributed by atoms with Crippen LogP contribution in [0.1, 0.15) is 24.4 Å². The third-order valence-corrected chi connectivity index (χ3v) is 7.26. The van der Waals surface area contributed by atoms with Crippen molar-refractivity contribution in [1.29, 1.82) is 0 Å². The minimum Gasteiger partial charge on any atom is -0.295 e. The van der Waals surface area contributed by atoms with Crippen LogP contribution in [0.15, 0.2) is 38.5 Å². The topological polar surface area (TPSA) is 49.4 Å². The lowest BCUT2D eigenvalue weighted by Gasteiger charge is -2.27. The lowest BCUT2D eigenvalue weighted by Crippen LogP contribution is -2.36. The van der Waals surface area contributed by atoms with Gasteiger partial charge in [0, 0.05) is 12.6 Å². The highest BCUT2D eigenvalue weighted by molar-refractivity contribution is 7.91. The highest BCUT2D eigenvalue weighted by Gasteiger charge is 2.26. The van der Waals surface area contributed by atoms with Crippen molar-refractivity contribution in [3.63, 3.8) is 0 Å². The van der Waals surface area contributed by atoms with E-state index in [-0.39, 0.29) is 6.04 Å². The maximum Gasteiger partial charge on any atom is 0.250 e. The standard InChI is InChI=1S/C14H18N2O2S3/c17-21(18,14-4-3-8-20-14)15-10-13(12-5-9-19-11-12)16-6-1-2-7-16/h3-5,8-9,11,13,15H,1-2,6-7,10H2/t13-/m1/s1. The average molecular weight is 343 g/mol. The maximum absolute atomic E-state index is 12.3. The number of nitrogens with one attached hydrogen (secondary N) is 1. The first kappa shape index (κ1) is 15.2. The molecular weight excluding hydrogens is 324 g/mol. The molecule has 114 valence electrons. The van der Waals surface area contributed by atoms with Crippen LogP contribution < -0.4 is 4.72 Å². The summed E-state index contributed by atoms with van der Waals surface area (Å²) in [5.41, 5.74) is 1.20. The molecule has 1 atom stereocenters. The summed E-state index contributed by atoms with van der Waals surface area (Å²) in [5, 5.41) is 5.94. The van der Waals surface area contributed by atoms with Crippen molar-refractivity contribution < 1.29 is 8.42 Å². The van der Waals surface area contributed by atoms with Crippen LogP contribution in [0.3, 0.4) is 0 Å². The van der Waals surface area contributed by atoms with Crippen molar-refractivity contribution in [2.75, 3.05) is 19.6 Å². The third kappa shape index (κ3) is 3.54. The summed E-state index contributed by atoms with van der Waals surface area (Å²) in [6, 6.07) is 5.62. The van der Waals surface area contributed by atoms with Gasteiger partial charge in [-0.1, -0.05) is 6.07 Å². The van der Waals surface area contributed by atoms with E-state index in [1.807, 2.05) is 5.38 Å². The van der Waals surface area contributed by atoms with Gasteiger partial charge in [-0.05, 0) is 59.8 Å². The Kier molecular flexibility index (Phi) is 4.75. The van der Waals surface area contributed by atoms with Crippen LogP contribution in [0, 0.1) is 0 Å². The largest absolute Gasteiger partial charge is 0.295 e. The normalized spacial score (nSPS) is 18.1. The van der Waals surface area contributed by atoms with Crippen molar-refractivity contribution in [2.24, 2.45) is 0 Å². The van der Waals surface area contributed by atoms with Gasteiger partial charge in [0.1, 0.15) is 4.21 Å². The number of hydrogen-bond donors (Lipinski definition) is 1. The minimum atomic E-state index is -3.39. The first-order chi connectivity index (χ1) is 10.2. The van der Waals surface area contributed by atoms with Crippen molar-refractivity contribution >= 4 is 32.7 Å². The molecule has 7 heteroatoms. The second-order valence-electron chi connectivity index (χ2n) is 5.10. The van der Waals surface area contributed by atoms with E-state index < -0.39 is 10.0 Å². The fraction of sp³-hybridized carbons (Fsp3) is 0.429. The summed E-state index contributed by atoms with van der Waals surface area (Å²) >= 11 is 2.91. The highest BCUT2D eigenvalue weighted by atomic mass is 32.2. The molecular formula is C14H18N2O2S3. The van der Waals surface area contributed by atoms with E-state index in [1.54, 1.807) is 28.8 Å². The van der Waals surface area contributed by atoms with E-state index in [0.717, 1.165) is 13.1 Å². The average Bonchev–Trinajstić information content (AvgIpc) is 3.23. The van der Waals surface area contributed by atoms with Gasteiger partial charge in [-0.15, -0.1) is 11.3 Å². The molecule has 0 radical (unpaired) electrons. The molecule has 0 aromatic carbocycles. The van der Waals surface area contributed by atoms with E-state index in [9.17, 15) is 8.42 Å². The summed E-state index contributed by atoms with van der Waals surface area (Å²) < 4.78 is 27.7. The molecule has 2 aromatic heterocycles. The minimum absolute atomic E-state index is 0.133. The van der Waals surface area contributed by atoms with E-state index >= 15 is 0 Å². The maximum atomic E-state index is 12.3. The number of rotatable bonds is 6. The summed E-state index contributed by atoms with van der Waals surface area (Å²) in [6.45, 7) is 2.51. The van der Waals surface area contributed by atoms with Gasteiger partial charge in [0.05, 0.1) is 0 Å². The van der Waals surface area contributed by atoms with Crippen LogP contribution in [0.4, 0.5) is 0 Å². The van der Waals surface area contributed by atoms with Crippen LogP contribution in [-0.2, 0) is 10.0 Å². The van der Waals surface area contributed by atoms with Crippen LogP contribution in [-0.4, -0.2) is 33.0 Å². The number of sulfonamides is 1. The van der Waals surface area contributed by atoms with Crippen molar-refractivity contribution in [3.05, 3.63) is 39.9 Å². The molecule has 0 unspecified atom stereocenters. The third-order valence-electron chi connectivity index (χ3n) is 3.74. The molecule has 21 heavy (non-hydrogen) atoms. The Labute approximate surface area is 133 Å². The Bertz CT molecular complexity index is 644. The zero-order valence-corrected chi connectivity index (χ0v) is 14.0. The lowest BCUT2D eigenvalue weighted by molar-refractivity contribution is 0.247. The van der Waals surface area contributed by atoms with Gasteiger partial charge in [-0.25, -0.2) is 13.1 Å². The quantitative estimate of drug-likeness (QED) is 0.878. The second kappa shape index (κ2) is 6.58. The van der Waals surface area contributed by atoms with Gasteiger partial charge in [-0.2, -0.15) is 11.3 Å². The molecule has 0 spiro atoms. The summed E-state index contributed by atoms with van der Waals surface area (Å²) in [4.78, 5) is 2.37. The molecule has 1 aliphatic rings. The molecule has 1 aliphatic heterocycles. The van der Waals surface area contributed by atoms with Crippen molar-refractivity contribution in [3.8, 4) is 0 Å². The first-order valence-electron chi connectivity index (χ1n) is 6.96. The predicted molar refractivity (Wildman–Crippen MR) is 87.4 cm³/mol. The molecule has 2 aromatic rings. The van der Waals surface area contributed by atoms with E-state index in [4.69, 9.17) is 0 Å². The SMILES string of the molecule is O=S(=O)(NC[C@H](c1ccsc1)N1CCCC1)c1cccs1. The van der Waals surface area contributed by atoms with Gasteiger partial charge in [-0.3, -0.25) is 4.90 Å². The summed E-state index contributed by atoms with van der Waals surface area (Å²) in [7, 11) is -3.39. The lowest BCUT2D eigenvalue weighted by atomic mass is 10.1. The number of nitrogens with zero attached hydrogens (tertiary/aromatic N) is 1. The Morgan fingerprint density at radius 2 is 2.05 bits per heavy atom. The first-order valence-corrected chi connectivity index (χ1v) is 10.3. The Balaban J connectivity index is 1.73. The van der Waals surface area contributed by atoms with Crippen LogP contribution in [0.2, 0.25) is 0 Å². The van der Waals surface area contributed by atoms with Crippen molar-refractivity contribution in [2.45, 2.75) is 23.1 Å². The van der Waals surface area contributed by atoms with Crippen LogP contribution in [0.5, 0.6) is 0 Å². The van der Waals surface area contributed by atoms with E-state index in [1.165, 1.54) is 29.7 Å². The summed E-state index contributed by atoms with van der Waals surface area (Å²) in [5.74, 6) is 0. The monoisotopic (exact) mass is 342 g/mol. The Morgan fingerprint density at radius 3 is 2.67 bits per heavy atom. The van der Waals surface area contributed by atoms with Crippen LogP contribution in [0.25, 0.3) is 0 Å². The molecule has 1 fully saturated rings. The fourth-order valence-electron chi connectivity index (χ4n) is 2.65. The Hall–Kier alpha value is -0.730. The number of thiophene rings is 2. The summed E-state index contributed by atoms with van der Waals surface area (Å²) in [6.07, 6.45) is 2.39. The zero-order chi connectivity index (χ0) is 14.7. The predicted octanol–water partition coefficient (Wildman–Crippen LogP) is 2.93. The highest BCUT2D eigenvalue weighted by Crippen LogP contribution is 2.27. The van der Waals surface area contributed by atoms with Gasteiger partial charge in [0.2, 0.25) is 10.0 Å². The number of likely N-dealkylation sites (tertiary alicyclic amines) is 1. The number of hydrogen-bond acceptors (Lipinski definition) is 5. The molecule has 1 N–H and O–H groups in total. The molecule has 0 amide bonds. The molecule has 3 heterocycles. The molecule has 1 saturated heterocycles. The van der Waals surface area contributed by atoms with Crippen molar-refractivity contribution in [1.82, 2.24) is 9.62 Å².